The second kappa shape index (κ2) is 5.78. The van der Waals surface area contributed by atoms with Crippen LogP contribution in [0.3, 0.4) is 0 Å². The molecule has 1 fully saturated rings. The topological polar surface area (TPSA) is 23.5 Å². The molecule has 2 aromatic rings. The average Bonchev–Trinajstić information content (AvgIpc) is 3.30. The Bertz CT molecular complexity index is 492. The van der Waals surface area contributed by atoms with Crippen LogP contribution in [0.15, 0.2) is 60.7 Å². The van der Waals surface area contributed by atoms with Crippen LogP contribution in [-0.4, -0.2) is 22.2 Å². The van der Waals surface area contributed by atoms with Gasteiger partial charge in [-0.2, -0.15) is 0 Å². The Morgan fingerprint density at radius 1 is 0.800 bits per heavy atom. The van der Waals surface area contributed by atoms with Crippen molar-refractivity contribution in [1.29, 1.82) is 0 Å². The van der Waals surface area contributed by atoms with Gasteiger partial charge in [-0.05, 0) is 24.0 Å². The maximum atomic E-state index is 9.74. The van der Waals surface area contributed by atoms with E-state index in [9.17, 15) is 5.11 Å². The molecule has 0 heterocycles. The van der Waals surface area contributed by atoms with Gasteiger partial charge in [0.25, 0.3) is 0 Å². The number of rotatable bonds is 6. The fourth-order valence-electron chi connectivity index (χ4n) is 2.72. The number of hydrogen-bond donors (Lipinski definition) is 1. The van der Waals surface area contributed by atoms with Crippen LogP contribution in [-0.2, 0) is 13.1 Å². The summed E-state index contributed by atoms with van der Waals surface area (Å²) < 4.78 is 0. The first-order chi connectivity index (χ1) is 9.82. The second-order valence-electron chi connectivity index (χ2n) is 5.71. The number of aliphatic hydroxyl groups excluding tert-OH is 1. The minimum Gasteiger partial charge on any atom is -0.394 e. The molecule has 0 saturated heterocycles. The highest BCUT2D eigenvalue weighted by Gasteiger charge is 2.47. The SMILES string of the molecule is OCC1(N(Cc2ccccc2)Cc2ccccc2)CC1. The van der Waals surface area contributed by atoms with E-state index in [0.717, 1.165) is 25.9 Å². The van der Waals surface area contributed by atoms with Gasteiger partial charge in [0.05, 0.1) is 6.61 Å². The zero-order valence-electron chi connectivity index (χ0n) is 11.7. The number of hydrogen-bond acceptors (Lipinski definition) is 2. The first kappa shape index (κ1) is 13.3. The van der Waals surface area contributed by atoms with Gasteiger partial charge in [-0.3, -0.25) is 4.90 Å². The minimum atomic E-state index is 0.00564. The molecule has 20 heavy (non-hydrogen) atoms. The fourth-order valence-corrected chi connectivity index (χ4v) is 2.72. The van der Waals surface area contributed by atoms with Gasteiger partial charge in [0, 0.05) is 18.6 Å². The molecule has 2 nitrogen and oxygen atoms in total. The lowest BCUT2D eigenvalue weighted by Gasteiger charge is -2.31. The first-order valence-corrected chi connectivity index (χ1v) is 7.26. The van der Waals surface area contributed by atoms with Crippen LogP contribution in [0.1, 0.15) is 24.0 Å². The van der Waals surface area contributed by atoms with Gasteiger partial charge in [0.1, 0.15) is 0 Å². The van der Waals surface area contributed by atoms with E-state index in [-0.39, 0.29) is 12.1 Å². The zero-order chi connectivity index (χ0) is 13.8. The zero-order valence-corrected chi connectivity index (χ0v) is 11.7. The summed E-state index contributed by atoms with van der Waals surface area (Å²) in [4.78, 5) is 2.43. The van der Waals surface area contributed by atoms with Crippen LogP contribution in [0.5, 0.6) is 0 Å². The molecule has 2 aromatic carbocycles. The molecular formula is C18H21NO. The summed E-state index contributed by atoms with van der Waals surface area (Å²) in [7, 11) is 0. The van der Waals surface area contributed by atoms with E-state index in [0.29, 0.717) is 0 Å². The predicted molar refractivity (Wildman–Crippen MR) is 81.2 cm³/mol. The number of nitrogens with zero attached hydrogens (tertiary/aromatic N) is 1. The molecule has 1 aliphatic carbocycles. The van der Waals surface area contributed by atoms with Gasteiger partial charge in [0.15, 0.2) is 0 Å². The van der Waals surface area contributed by atoms with Crippen LogP contribution in [0.25, 0.3) is 0 Å². The Kier molecular flexibility index (Phi) is 3.86. The van der Waals surface area contributed by atoms with Crippen LogP contribution >= 0.6 is 0 Å². The first-order valence-electron chi connectivity index (χ1n) is 7.26. The van der Waals surface area contributed by atoms with Crippen LogP contribution in [0.2, 0.25) is 0 Å². The van der Waals surface area contributed by atoms with Gasteiger partial charge >= 0.3 is 0 Å². The molecule has 3 rings (SSSR count). The van der Waals surface area contributed by atoms with Gasteiger partial charge in [-0.15, -0.1) is 0 Å². The fraction of sp³-hybridized carbons (Fsp3) is 0.333. The molecule has 1 N–H and O–H groups in total. The van der Waals surface area contributed by atoms with Gasteiger partial charge in [0.2, 0.25) is 0 Å². The lowest BCUT2D eigenvalue weighted by molar-refractivity contribution is 0.0915. The van der Waals surface area contributed by atoms with Crippen molar-refractivity contribution in [3.63, 3.8) is 0 Å². The molecule has 0 aliphatic heterocycles. The molecule has 1 aliphatic rings. The van der Waals surface area contributed by atoms with Crippen molar-refractivity contribution in [1.82, 2.24) is 4.90 Å². The van der Waals surface area contributed by atoms with Crippen LogP contribution in [0, 0.1) is 0 Å². The molecule has 0 radical (unpaired) electrons. The molecule has 0 spiro atoms. The minimum absolute atomic E-state index is 0.00564. The summed E-state index contributed by atoms with van der Waals surface area (Å²) >= 11 is 0. The van der Waals surface area contributed by atoms with E-state index < -0.39 is 0 Å². The highest BCUT2D eigenvalue weighted by atomic mass is 16.3. The maximum absolute atomic E-state index is 9.74. The maximum Gasteiger partial charge on any atom is 0.0615 e. The van der Waals surface area contributed by atoms with E-state index in [1.165, 1.54) is 11.1 Å². The van der Waals surface area contributed by atoms with Crippen molar-refractivity contribution in [2.75, 3.05) is 6.61 Å². The van der Waals surface area contributed by atoms with Crippen molar-refractivity contribution < 1.29 is 5.11 Å². The second-order valence-corrected chi connectivity index (χ2v) is 5.71. The Labute approximate surface area is 120 Å². The third-order valence-electron chi connectivity index (χ3n) is 4.22. The molecule has 0 amide bonds. The lowest BCUT2D eigenvalue weighted by Crippen LogP contribution is -2.39. The molecule has 0 unspecified atom stereocenters. The molecule has 0 bridgehead atoms. The Morgan fingerprint density at radius 3 is 1.60 bits per heavy atom. The third-order valence-corrected chi connectivity index (χ3v) is 4.22. The number of benzene rings is 2. The smallest absolute Gasteiger partial charge is 0.0615 e. The third kappa shape index (κ3) is 2.92. The van der Waals surface area contributed by atoms with Gasteiger partial charge < -0.3 is 5.11 Å². The highest BCUT2D eigenvalue weighted by molar-refractivity contribution is 5.19. The van der Waals surface area contributed by atoms with Crippen molar-refractivity contribution in [2.24, 2.45) is 0 Å². The van der Waals surface area contributed by atoms with Gasteiger partial charge in [-0.25, -0.2) is 0 Å². The molecule has 0 atom stereocenters. The summed E-state index contributed by atoms with van der Waals surface area (Å²) in [5.74, 6) is 0. The van der Waals surface area contributed by atoms with Crippen LogP contribution in [0.4, 0.5) is 0 Å². The molecule has 2 heteroatoms. The molecule has 0 aromatic heterocycles. The summed E-state index contributed by atoms with van der Waals surface area (Å²) in [6, 6.07) is 21.0. The standard InChI is InChI=1S/C18H21NO/c20-15-18(11-12-18)19(13-16-7-3-1-4-8-16)14-17-9-5-2-6-10-17/h1-10,20H,11-15H2. The van der Waals surface area contributed by atoms with E-state index in [1.54, 1.807) is 0 Å². The lowest BCUT2D eigenvalue weighted by atomic mass is 10.1. The van der Waals surface area contributed by atoms with E-state index in [4.69, 9.17) is 0 Å². The van der Waals surface area contributed by atoms with E-state index >= 15 is 0 Å². The Hall–Kier alpha value is -1.64. The number of aliphatic hydroxyl groups is 1. The summed E-state index contributed by atoms with van der Waals surface area (Å²) in [6.45, 7) is 2.05. The van der Waals surface area contributed by atoms with E-state index in [1.807, 2.05) is 12.1 Å². The summed E-state index contributed by atoms with van der Waals surface area (Å²) in [5, 5.41) is 9.74. The van der Waals surface area contributed by atoms with Crippen LogP contribution < -0.4 is 0 Å². The highest BCUT2D eigenvalue weighted by Crippen LogP contribution is 2.42. The van der Waals surface area contributed by atoms with Crippen molar-refractivity contribution >= 4 is 0 Å². The van der Waals surface area contributed by atoms with Crippen molar-refractivity contribution in [3.05, 3.63) is 71.8 Å². The molecule has 104 valence electrons. The molecule has 1 saturated carbocycles. The summed E-state index contributed by atoms with van der Waals surface area (Å²) in [5.41, 5.74) is 2.62. The van der Waals surface area contributed by atoms with Crippen molar-refractivity contribution in [2.45, 2.75) is 31.5 Å². The largest absolute Gasteiger partial charge is 0.394 e. The Balaban J connectivity index is 1.78. The monoisotopic (exact) mass is 267 g/mol. The normalized spacial score (nSPS) is 16.3. The molecular weight excluding hydrogens is 246 g/mol. The van der Waals surface area contributed by atoms with Crippen molar-refractivity contribution in [3.8, 4) is 0 Å². The summed E-state index contributed by atoms with van der Waals surface area (Å²) in [6.07, 6.45) is 2.20. The van der Waals surface area contributed by atoms with E-state index in [2.05, 4.69) is 53.4 Å². The van der Waals surface area contributed by atoms with Gasteiger partial charge in [-0.1, -0.05) is 60.7 Å². The average molecular weight is 267 g/mol. The predicted octanol–water partition coefficient (Wildman–Crippen LogP) is 3.21. The quantitative estimate of drug-likeness (QED) is 0.868. The Morgan fingerprint density at radius 2 is 1.25 bits per heavy atom.